The van der Waals surface area contributed by atoms with Crippen LogP contribution in [0, 0.1) is 0 Å². The van der Waals surface area contributed by atoms with E-state index in [1.807, 2.05) is 0 Å². The molecular formula is C20H24N2O6S2. The second-order valence-electron chi connectivity index (χ2n) is 6.37. The van der Waals surface area contributed by atoms with Crippen molar-refractivity contribution in [1.82, 2.24) is 10.6 Å². The minimum Gasteiger partial charge on any atom is -0.508 e. The third kappa shape index (κ3) is 7.79. The zero-order valence-corrected chi connectivity index (χ0v) is 17.7. The van der Waals surface area contributed by atoms with Gasteiger partial charge in [-0.1, -0.05) is 58.0 Å². The molecule has 0 radical (unpaired) electrons. The van der Waals surface area contributed by atoms with Crippen molar-refractivity contribution in [1.29, 1.82) is 0 Å². The molecule has 8 nitrogen and oxygen atoms in total. The molecule has 0 amide bonds. The van der Waals surface area contributed by atoms with Crippen LogP contribution in [-0.4, -0.2) is 56.0 Å². The Labute approximate surface area is 182 Å². The Balaban J connectivity index is 1.77. The maximum absolute atomic E-state index is 11.5. The third-order valence-corrected chi connectivity index (χ3v) is 6.63. The molecule has 0 unspecified atom stereocenters. The molecule has 0 saturated carbocycles. The molecule has 2 aromatic rings. The molecule has 2 atom stereocenters. The maximum atomic E-state index is 11.5. The van der Waals surface area contributed by atoms with E-state index in [2.05, 4.69) is 10.6 Å². The topological polar surface area (TPSA) is 139 Å². The predicted molar refractivity (Wildman–Crippen MR) is 118 cm³/mol. The second kappa shape index (κ2) is 12.3. The molecule has 0 aliphatic rings. The molecule has 0 aliphatic heterocycles. The van der Waals surface area contributed by atoms with Gasteiger partial charge in [-0.15, -0.1) is 0 Å². The van der Waals surface area contributed by atoms with Gasteiger partial charge in [0.05, 0.1) is 0 Å². The van der Waals surface area contributed by atoms with Crippen LogP contribution in [0.5, 0.6) is 11.5 Å². The maximum Gasteiger partial charge on any atom is 0.321 e. The van der Waals surface area contributed by atoms with E-state index in [-0.39, 0.29) is 36.1 Å². The lowest BCUT2D eigenvalue weighted by Gasteiger charge is -2.16. The van der Waals surface area contributed by atoms with Crippen molar-refractivity contribution in [3.05, 3.63) is 59.7 Å². The summed E-state index contributed by atoms with van der Waals surface area (Å²) in [6.07, 6.45) is 0. The lowest BCUT2D eigenvalue weighted by atomic mass is 10.2. The summed E-state index contributed by atoms with van der Waals surface area (Å²) in [7, 11) is 2.52. The minimum absolute atomic E-state index is 0.0935. The SMILES string of the molecule is O=C(O)[C@H](CSSC[C@H](NCc1ccccc1O)C(=O)O)NCc1ccccc1O. The Morgan fingerprint density at radius 1 is 0.733 bits per heavy atom. The van der Waals surface area contributed by atoms with Crippen LogP contribution in [-0.2, 0) is 22.7 Å². The molecule has 0 bridgehead atoms. The smallest absolute Gasteiger partial charge is 0.321 e. The number of hydrogen-bond acceptors (Lipinski definition) is 8. The number of para-hydroxylation sites is 2. The van der Waals surface area contributed by atoms with Gasteiger partial charge >= 0.3 is 11.9 Å². The van der Waals surface area contributed by atoms with E-state index in [9.17, 15) is 30.0 Å². The first-order valence-electron chi connectivity index (χ1n) is 9.09. The number of carboxylic acid groups (broad SMARTS) is 2. The number of carbonyl (C=O) groups is 2. The van der Waals surface area contributed by atoms with E-state index in [4.69, 9.17) is 0 Å². The number of benzene rings is 2. The lowest BCUT2D eigenvalue weighted by Crippen LogP contribution is -2.39. The number of phenols is 2. The Bertz CT molecular complexity index is 782. The zero-order chi connectivity index (χ0) is 21.9. The van der Waals surface area contributed by atoms with Crippen molar-refractivity contribution in [2.24, 2.45) is 0 Å². The van der Waals surface area contributed by atoms with Crippen LogP contribution in [0.15, 0.2) is 48.5 Å². The third-order valence-electron chi connectivity index (χ3n) is 4.21. The van der Waals surface area contributed by atoms with Gasteiger partial charge in [0, 0.05) is 35.7 Å². The van der Waals surface area contributed by atoms with Gasteiger partial charge in [0.2, 0.25) is 0 Å². The van der Waals surface area contributed by atoms with Gasteiger partial charge in [-0.2, -0.15) is 0 Å². The van der Waals surface area contributed by atoms with Crippen LogP contribution in [0.3, 0.4) is 0 Å². The molecule has 10 heteroatoms. The molecule has 0 saturated heterocycles. The summed E-state index contributed by atoms with van der Waals surface area (Å²) in [4.78, 5) is 22.9. The highest BCUT2D eigenvalue weighted by atomic mass is 33.1. The Morgan fingerprint density at radius 2 is 1.10 bits per heavy atom. The molecule has 6 N–H and O–H groups in total. The van der Waals surface area contributed by atoms with Gasteiger partial charge in [-0.3, -0.25) is 20.2 Å². The summed E-state index contributed by atoms with van der Waals surface area (Å²) < 4.78 is 0. The van der Waals surface area contributed by atoms with E-state index < -0.39 is 24.0 Å². The van der Waals surface area contributed by atoms with Gasteiger partial charge in [0.1, 0.15) is 23.6 Å². The van der Waals surface area contributed by atoms with Gasteiger partial charge in [-0.25, -0.2) is 0 Å². The highest BCUT2D eigenvalue weighted by molar-refractivity contribution is 8.76. The predicted octanol–water partition coefficient (Wildman–Crippen LogP) is 2.27. The summed E-state index contributed by atoms with van der Waals surface area (Å²) >= 11 is 0. The van der Waals surface area contributed by atoms with Gasteiger partial charge in [0.15, 0.2) is 0 Å². The first kappa shape index (κ1) is 23.9. The van der Waals surface area contributed by atoms with Gasteiger partial charge in [-0.05, 0) is 12.1 Å². The molecule has 0 heterocycles. The van der Waals surface area contributed by atoms with E-state index >= 15 is 0 Å². The van der Waals surface area contributed by atoms with Crippen molar-refractivity contribution in [3.63, 3.8) is 0 Å². The van der Waals surface area contributed by atoms with E-state index in [1.165, 1.54) is 33.7 Å². The molecule has 2 aromatic carbocycles. The number of aliphatic carboxylic acids is 2. The molecule has 0 spiro atoms. The van der Waals surface area contributed by atoms with Crippen LogP contribution in [0.25, 0.3) is 0 Å². The van der Waals surface area contributed by atoms with E-state index in [0.717, 1.165) is 0 Å². The molecule has 0 fully saturated rings. The molecule has 162 valence electrons. The van der Waals surface area contributed by atoms with E-state index in [1.54, 1.807) is 36.4 Å². The number of aromatic hydroxyl groups is 2. The highest BCUT2D eigenvalue weighted by Gasteiger charge is 2.20. The normalized spacial score (nSPS) is 12.9. The Hall–Kier alpha value is -2.40. The average Bonchev–Trinajstić information content (AvgIpc) is 2.71. The number of carboxylic acids is 2. The second-order valence-corrected chi connectivity index (χ2v) is 8.92. The lowest BCUT2D eigenvalue weighted by molar-refractivity contribution is -0.139. The fourth-order valence-electron chi connectivity index (χ4n) is 2.45. The average molecular weight is 453 g/mol. The molecule has 30 heavy (non-hydrogen) atoms. The van der Waals surface area contributed by atoms with Crippen molar-refractivity contribution in [2.75, 3.05) is 11.5 Å². The monoisotopic (exact) mass is 452 g/mol. The van der Waals surface area contributed by atoms with Gasteiger partial charge < -0.3 is 20.4 Å². The van der Waals surface area contributed by atoms with Crippen molar-refractivity contribution >= 4 is 33.5 Å². The molecule has 2 rings (SSSR count). The summed E-state index contributed by atoms with van der Waals surface area (Å²) in [5.74, 6) is -1.41. The molecular weight excluding hydrogens is 428 g/mol. The summed E-state index contributed by atoms with van der Waals surface area (Å²) in [5, 5.41) is 44.1. The standard InChI is InChI=1S/C20H24N2O6S2/c23-17-7-3-1-5-13(17)9-21-15(19(25)26)11-29-30-12-16(20(27)28)22-10-14-6-2-4-8-18(14)24/h1-8,15-16,21-24H,9-12H2,(H,25,26)(H,27,28)/t15-,16-/m0/s1. The minimum atomic E-state index is -1.02. The number of phenolic OH excluding ortho intramolecular Hbond substituents is 2. The van der Waals surface area contributed by atoms with Crippen LogP contribution in [0.2, 0.25) is 0 Å². The van der Waals surface area contributed by atoms with Gasteiger partial charge in [0.25, 0.3) is 0 Å². The number of nitrogens with one attached hydrogen (secondary N) is 2. The van der Waals surface area contributed by atoms with Crippen molar-refractivity contribution < 1.29 is 30.0 Å². The summed E-state index contributed by atoms with van der Waals surface area (Å²) in [5.41, 5.74) is 1.20. The largest absolute Gasteiger partial charge is 0.508 e. The van der Waals surface area contributed by atoms with Crippen LogP contribution < -0.4 is 10.6 Å². The van der Waals surface area contributed by atoms with Crippen molar-refractivity contribution in [3.8, 4) is 11.5 Å². The Morgan fingerprint density at radius 3 is 1.43 bits per heavy atom. The van der Waals surface area contributed by atoms with Crippen molar-refractivity contribution in [2.45, 2.75) is 25.2 Å². The first-order chi connectivity index (χ1) is 14.4. The summed E-state index contributed by atoms with van der Waals surface area (Å²) in [6.45, 7) is 0.406. The molecule has 0 aromatic heterocycles. The zero-order valence-electron chi connectivity index (χ0n) is 16.0. The summed E-state index contributed by atoms with van der Waals surface area (Å²) in [6, 6.07) is 11.7. The van der Waals surface area contributed by atoms with Crippen LogP contribution in [0.1, 0.15) is 11.1 Å². The fourth-order valence-corrected chi connectivity index (χ4v) is 4.83. The highest BCUT2D eigenvalue weighted by Crippen LogP contribution is 2.24. The number of hydrogen-bond donors (Lipinski definition) is 6. The Kier molecular flexibility index (Phi) is 9.81. The van der Waals surface area contributed by atoms with Crippen LogP contribution >= 0.6 is 21.6 Å². The molecule has 0 aliphatic carbocycles. The fraction of sp³-hybridized carbons (Fsp3) is 0.300. The van der Waals surface area contributed by atoms with Crippen LogP contribution in [0.4, 0.5) is 0 Å². The first-order valence-corrected chi connectivity index (χ1v) is 11.6. The quantitative estimate of drug-likeness (QED) is 0.198. The number of rotatable bonds is 13. The van der Waals surface area contributed by atoms with E-state index in [0.29, 0.717) is 11.1 Å².